The number of fused-ring (bicyclic) bond motifs is 1. The Balaban J connectivity index is 1.46. The summed E-state index contributed by atoms with van der Waals surface area (Å²) in [6, 6.07) is 19.5. The third kappa shape index (κ3) is 2.95. The van der Waals surface area contributed by atoms with Gasteiger partial charge in [-0.05, 0) is 29.0 Å². The summed E-state index contributed by atoms with van der Waals surface area (Å²) in [6.07, 6.45) is 2.54. The number of hydrogen-bond donors (Lipinski definition) is 0. The maximum absolute atomic E-state index is 12.7. The fraction of sp³-hybridized carbons (Fsp3) is 0.200. The molecule has 1 aliphatic rings. The van der Waals surface area contributed by atoms with Crippen molar-refractivity contribution in [2.24, 2.45) is 0 Å². The van der Waals surface area contributed by atoms with Crippen LogP contribution in [-0.2, 0) is 0 Å². The van der Waals surface area contributed by atoms with Crippen molar-refractivity contribution in [1.82, 2.24) is 9.88 Å². The lowest BCUT2D eigenvalue weighted by atomic mass is 10.1. The van der Waals surface area contributed by atoms with Crippen LogP contribution in [0.3, 0.4) is 0 Å². The van der Waals surface area contributed by atoms with Crippen LogP contribution < -0.4 is 4.74 Å². The molecule has 120 valence electrons. The number of rotatable bonds is 3. The molecule has 4 rings (SSSR count). The molecule has 24 heavy (non-hydrogen) atoms. The van der Waals surface area contributed by atoms with E-state index in [0.717, 1.165) is 22.8 Å². The highest BCUT2D eigenvalue weighted by Crippen LogP contribution is 2.21. The van der Waals surface area contributed by atoms with Crippen LogP contribution in [0.4, 0.5) is 0 Å². The summed E-state index contributed by atoms with van der Waals surface area (Å²) in [7, 11) is 0. The van der Waals surface area contributed by atoms with Crippen molar-refractivity contribution in [2.45, 2.75) is 12.5 Å². The van der Waals surface area contributed by atoms with Crippen LogP contribution >= 0.6 is 0 Å². The lowest BCUT2D eigenvalue weighted by Gasteiger charge is -2.17. The first-order valence-corrected chi connectivity index (χ1v) is 8.15. The molecule has 0 spiro atoms. The van der Waals surface area contributed by atoms with Gasteiger partial charge in [0.1, 0.15) is 6.10 Å². The van der Waals surface area contributed by atoms with E-state index in [1.54, 1.807) is 6.20 Å². The summed E-state index contributed by atoms with van der Waals surface area (Å²) in [6.45, 7) is 1.31. The van der Waals surface area contributed by atoms with Gasteiger partial charge in [0.25, 0.3) is 5.91 Å². The smallest absolute Gasteiger partial charge is 0.254 e. The number of hydrogen-bond acceptors (Lipinski definition) is 3. The van der Waals surface area contributed by atoms with Crippen LogP contribution in [-0.4, -0.2) is 35.0 Å². The number of carbonyl (C=O) groups excluding carboxylic acids is 1. The first kappa shape index (κ1) is 14.7. The minimum absolute atomic E-state index is 0.00399. The second-order valence-electron chi connectivity index (χ2n) is 6.01. The first-order chi connectivity index (χ1) is 11.8. The molecule has 2 aromatic carbocycles. The average Bonchev–Trinajstić information content (AvgIpc) is 3.10. The summed E-state index contributed by atoms with van der Waals surface area (Å²) in [4.78, 5) is 18.8. The van der Waals surface area contributed by atoms with E-state index in [1.807, 2.05) is 59.5 Å². The second-order valence-corrected chi connectivity index (χ2v) is 6.01. The van der Waals surface area contributed by atoms with Gasteiger partial charge in [-0.1, -0.05) is 36.4 Å². The highest BCUT2D eigenvalue weighted by Gasteiger charge is 2.28. The predicted octanol–water partition coefficient (Wildman–Crippen LogP) is 3.53. The molecule has 1 fully saturated rings. The number of ether oxygens (including phenoxy) is 1. The summed E-state index contributed by atoms with van der Waals surface area (Å²) in [5, 5.41) is 2.23. The van der Waals surface area contributed by atoms with Crippen LogP contribution in [0.1, 0.15) is 16.8 Å². The van der Waals surface area contributed by atoms with Gasteiger partial charge in [0, 0.05) is 30.8 Å². The van der Waals surface area contributed by atoms with Crippen molar-refractivity contribution in [1.29, 1.82) is 0 Å². The molecule has 1 amide bonds. The Bertz CT molecular complexity index is 864. The number of aromatic nitrogens is 1. The zero-order valence-electron chi connectivity index (χ0n) is 13.3. The summed E-state index contributed by atoms with van der Waals surface area (Å²) >= 11 is 0. The molecule has 1 aliphatic heterocycles. The molecule has 0 N–H and O–H groups in total. The van der Waals surface area contributed by atoms with Crippen molar-refractivity contribution in [3.8, 4) is 5.88 Å². The summed E-state index contributed by atoms with van der Waals surface area (Å²) < 4.78 is 5.86. The Kier molecular flexibility index (Phi) is 3.87. The molecule has 0 saturated carbocycles. The topological polar surface area (TPSA) is 42.4 Å². The number of amides is 1. The van der Waals surface area contributed by atoms with Gasteiger partial charge >= 0.3 is 0 Å². The van der Waals surface area contributed by atoms with Crippen LogP contribution in [0.25, 0.3) is 10.8 Å². The molecule has 0 aliphatic carbocycles. The Morgan fingerprint density at radius 1 is 1.04 bits per heavy atom. The molecular formula is C20H18N2O2. The predicted molar refractivity (Wildman–Crippen MR) is 93.1 cm³/mol. The molecule has 1 unspecified atom stereocenters. The van der Waals surface area contributed by atoms with Gasteiger partial charge in [-0.2, -0.15) is 0 Å². The van der Waals surface area contributed by atoms with Gasteiger partial charge in [0.2, 0.25) is 5.88 Å². The van der Waals surface area contributed by atoms with Crippen molar-refractivity contribution in [3.05, 3.63) is 72.4 Å². The van der Waals surface area contributed by atoms with E-state index in [4.69, 9.17) is 4.74 Å². The number of pyridine rings is 1. The van der Waals surface area contributed by atoms with Crippen molar-refractivity contribution >= 4 is 16.7 Å². The van der Waals surface area contributed by atoms with Gasteiger partial charge in [0.15, 0.2) is 0 Å². The van der Waals surface area contributed by atoms with Gasteiger partial charge in [-0.15, -0.1) is 0 Å². The number of nitrogens with zero attached hydrogens (tertiary/aromatic N) is 2. The van der Waals surface area contributed by atoms with Crippen molar-refractivity contribution in [3.63, 3.8) is 0 Å². The second kappa shape index (κ2) is 6.32. The van der Waals surface area contributed by atoms with E-state index in [1.165, 1.54) is 0 Å². The lowest BCUT2D eigenvalue weighted by molar-refractivity contribution is 0.0771. The van der Waals surface area contributed by atoms with E-state index < -0.39 is 0 Å². The summed E-state index contributed by atoms with van der Waals surface area (Å²) in [5.74, 6) is 0.676. The Morgan fingerprint density at radius 2 is 1.88 bits per heavy atom. The first-order valence-electron chi connectivity index (χ1n) is 8.15. The Labute approximate surface area is 140 Å². The number of benzene rings is 2. The molecule has 4 heteroatoms. The quantitative estimate of drug-likeness (QED) is 0.742. The molecule has 1 aromatic heterocycles. The molecule has 0 bridgehead atoms. The SMILES string of the molecule is O=C(c1ccc2ccccc2c1)N1CCC(Oc2ccccn2)C1. The monoisotopic (exact) mass is 318 g/mol. The normalized spacial score (nSPS) is 17.2. The fourth-order valence-electron chi connectivity index (χ4n) is 3.10. The zero-order chi connectivity index (χ0) is 16.4. The van der Waals surface area contributed by atoms with Crippen LogP contribution in [0.15, 0.2) is 66.9 Å². The van der Waals surface area contributed by atoms with Crippen LogP contribution in [0.5, 0.6) is 5.88 Å². The van der Waals surface area contributed by atoms with Crippen LogP contribution in [0.2, 0.25) is 0 Å². The maximum atomic E-state index is 12.7. The molecule has 2 heterocycles. The third-order valence-electron chi connectivity index (χ3n) is 4.35. The van der Waals surface area contributed by atoms with Crippen molar-refractivity contribution in [2.75, 3.05) is 13.1 Å². The van der Waals surface area contributed by atoms with Gasteiger partial charge in [-0.25, -0.2) is 4.98 Å². The van der Waals surface area contributed by atoms with Crippen LogP contribution in [0, 0.1) is 0 Å². The Hall–Kier alpha value is -2.88. The van der Waals surface area contributed by atoms with E-state index >= 15 is 0 Å². The van der Waals surface area contributed by atoms with Gasteiger partial charge in [-0.3, -0.25) is 4.79 Å². The molecule has 1 atom stereocenters. The number of carbonyl (C=O) groups is 1. The maximum Gasteiger partial charge on any atom is 0.254 e. The van der Waals surface area contributed by atoms with Gasteiger partial charge in [0.05, 0.1) is 6.54 Å². The van der Waals surface area contributed by atoms with E-state index in [9.17, 15) is 4.79 Å². The molecule has 0 radical (unpaired) electrons. The summed E-state index contributed by atoms with van der Waals surface area (Å²) in [5.41, 5.74) is 0.729. The van der Waals surface area contributed by atoms with E-state index in [0.29, 0.717) is 19.0 Å². The average molecular weight is 318 g/mol. The largest absolute Gasteiger partial charge is 0.472 e. The molecule has 1 saturated heterocycles. The third-order valence-corrected chi connectivity index (χ3v) is 4.35. The minimum atomic E-state index is 0.00399. The minimum Gasteiger partial charge on any atom is -0.472 e. The molecular weight excluding hydrogens is 300 g/mol. The Morgan fingerprint density at radius 3 is 2.71 bits per heavy atom. The zero-order valence-corrected chi connectivity index (χ0v) is 13.3. The van der Waals surface area contributed by atoms with Crippen molar-refractivity contribution < 1.29 is 9.53 Å². The van der Waals surface area contributed by atoms with E-state index in [-0.39, 0.29) is 12.0 Å². The highest BCUT2D eigenvalue weighted by molar-refractivity contribution is 5.98. The number of likely N-dealkylation sites (tertiary alicyclic amines) is 1. The highest BCUT2D eigenvalue weighted by atomic mass is 16.5. The standard InChI is InChI=1S/C20H18N2O2/c23-20(17-9-8-15-5-1-2-6-16(15)13-17)22-12-10-18(14-22)24-19-7-3-4-11-21-19/h1-9,11,13,18H,10,12,14H2. The molecule has 3 aromatic rings. The van der Waals surface area contributed by atoms with E-state index in [2.05, 4.69) is 11.1 Å². The molecule has 4 nitrogen and oxygen atoms in total. The lowest BCUT2D eigenvalue weighted by Crippen LogP contribution is -2.31. The fourth-order valence-corrected chi connectivity index (χ4v) is 3.10. The van der Waals surface area contributed by atoms with Gasteiger partial charge < -0.3 is 9.64 Å².